The van der Waals surface area contributed by atoms with Crippen LogP contribution < -0.4 is 10.2 Å². The van der Waals surface area contributed by atoms with Crippen molar-refractivity contribution < 1.29 is 14.3 Å². The summed E-state index contributed by atoms with van der Waals surface area (Å²) >= 11 is 0. The highest BCUT2D eigenvalue weighted by Gasteiger charge is 2.07. The first kappa shape index (κ1) is 10.7. The molecule has 0 saturated heterocycles. The Morgan fingerprint density at radius 1 is 1.44 bits per heavy atom. The van der Waals surface area contributed by atoms with Crippen LogP contribution in [0.5, 0.6) is 5.75 Å². The molecule has 16 heavy (non-hydrogen) atoms. The van der Waals surface area contributed by atoms with Gasteiger partial charge in [0.15, 0.2) is 5.43 Å². The predicted octanol–water partition coefficient (Wildman–Crippen LogP) is 1.55. The molecule has 1 unspecified atom stereocenters. The minimum absolute atomic E-state index is 0.146. The van der Waals surface area contributed by atoms with E-state index in [9.17, 15) is 4.79 Å². The molecule has 1 heterocycles. The first-order chi connectivity index (χ1) is 7.68. The van der Waals surface area contributed by atoms with Crippen molar-refractivity contribution >= 4 is 11.0 Å². The molecule has 1 atom stereocenters. The second kappa shape index (κ2) is 4.37. The first-order valence-electron chi connectivity index (χ1n) is 5.00. The third-order valence-electron chi connectivity index (χ3n) is 2.13. The summed E-state index contributed by atoms with van der Waals surface area (Å²) in [7, 11) is 0. The highest BCUT2D eigenvalue weighted by atomic mass is 16.5. The summed E-state index contributed by atoms with van der Waals surface area (Å²) in [6.07, 6.45) is 0.773. The summed E-state index contributed by atoms with van der Waals surface area (Å²) in [5.41, 5.74) is 0.332. The van der Waals surface area contributed by atoms with E-state index in [0.717, 1.165) is 0 Å². The topological polar surface area (TPSA) is 59.7 Å². The van der Waals surface area contributed by atoms with Crippen LogP contribution in [-0.2, 0) is 0 Å². The van der Waals surface area contributed by atoms with Crippen molar-refractivity contribution in [1.29, 1.82) is 0 Å². The monoisotopic (exact) mass is 220 g/mol. The smallest absolute Gasteiger partial charge is 0.196 e. The zero-order chi connectivity index (χ0) is 11.5. The van der Waals surface area contributed by atoms with Crippen LogP contribution >= 0.6 is 0 Å². The molecule has 0 radical (unpaired) electrons. The van der Waals surface area contributed by atoms with E-state index in [1.54, 1.807) is 25.1 Å². The third-order valence-corrected chi connectivity index (χ3v) is 2.13. The van der Waals surface area contributed by atoms with Gasteiger partial charge in [0.1, 0.15) is 23.3 Å². The van der Waals surface area contributed by atoms with Crippen LogP contribution in [0.15, 0.2) is 39.7 Å². The highest BCUT2D eigenvalue weighted by Crippen LogP contribution is 2.21. The van der Waals surface area contributed by atoms with Crippen molar-refractivity contribution in [3.05, 3.63) is 40.8 Å². The zero-order valence-corrected chi connectivity index (χ0v) is 8.84. The number of aliphatic hydroxyl groups excluding tert-OH is 1. The fraction of sp³-hybridized carbons (Fsp3) is 0.250. The number of hydrogen-bond acceptors (Lipinski definition) is 4. The molecule has 0 aliphatic rings. The van der Waals surface area contributed by atoms with Crippen LogP contribution in [0.3, 0.4) is 0 Å². The molecule has 4 heteroatoms. The summed E-state index contributed by atoms with van der Waals surface area (Å²) < 4.78 is 10.5. The fourth-order valence-corrected chi connectivity index (χ4v) is 1.44. The van der Waals surface area contributed by atoms with Gasteiger partial charge in [0.2, 0.25) is 0 Å². The van der Waals surface area contributed by atoms with Crippen LogP contribution in [0.25, 0.3) is 11.0 Å². The molecule has 0 aliphatic carbocycles. The van der Waals surface area contributed by atoms with E-state index in [0.29, 0.717) is 16.7 Å². The Morgan fingerprint density at radius 2 is 2.25 bits per heavy atom. The Labute approximate surface area is 92.1 Å². The molecule has 2 rings (SSSR count). The van der Waals surface area contributed by atoms with E-state index in [1.165, 1.54) is 12.3 Å². The largest absolute Gasteiger partial charge is 0.490 e. The maximum atomic E-state index is 11.6. The lowest BCUT2D eigenvalue weighted by Gasteiger charge is -2.09. The number of fused-ring (bicyclic) bond motifs is 1. The lowest BCUT2D eigenvalue weighted by molar-refractivity contribution is 0.123. The molecule has 0 saturated carbocycles. The fourth-order valence-electron chi connectivity index (χ4n) is 1.44. The summed E-state index contributed by atoms with van der Waals surface area (Å²) in [4.78, 5) is 11.6. The van der Waals surface area contributed by atoms with Crippen molar-refractivity contribution in [3.63, 3.8) is 0 Å². The standard InChI is InChI=1S/C12H12O4/c1-8(13)7-16-11-4-2-3-10-12(11)9(14)5-6-15-10/h2-6,8,13H,7H2,1H3. The number of hydrogen-bond donors (Lipinski definition) is 1. The van der Waals surface area contributed by atoms with E-state index in [2.05, 4.69) is 0 Å². The van der Waals surface area contributed by atoms with Crippen molar-refractivity contribution in [2.45, 2.75) is 13.0 Å². The molecular weight excluding hydrogens is 208 g/mol. The van der Waals surface area contributed by atoms with Crippen LogP contribution in [0, 0.1) is 0 Å². The average Bonchev–Trinajstić information content (AvgIpc) is 2.26. The molecule has 0 amide bonds. The molecule has 4 nitrogen and oxygen atoms in total. The molecule has 84 valence electrons. The van der Waals surface area contributed by atoms with Crippen LogP contribution in [0.1, 0.15) is 6.92 Å². The number of rotatable bonds is 3. The van der Waals surface area contributed by atoms with Gasteiger partial charge in [-0.25, -0.2) is 0 Å². The van der Waals surface area contributed by atoms with Gasteiger partial charge >= 0.3 is 0 Å². The number of benzene rings is 1. The second-order valence-corrected chi connectivity index (χ2v) is 3.57. The first-order valence-corrected chi connectivity index (χ1v) is 5.00. The summed E-state index contributed by atoms with van der Waals surface area (Å²) in [6, 6.07) is 6.47. The predicted molar refractivity (Wildman–Crippen MR) is 59.7 cm³/mol. The van der Waals surface area contributed by atoms with Gasteiger partial charge in [-0.1, -0.05) is 6.07 Å². The van der Waals surface area contributed by atoms with E-state index in [1.807, 2.05) is 0 Å². The Bertz CT molecular complexity index is 537. The van der Waals surface area contributed by atoms with E-state index >= 15 is 0 Å². The van der Waals surface area contributed by atoms with E-state index < -0.39 is 6.10 Å². The summed E-state index contributed by atoms with van der Waals surface area (Å²) in [5, 5.41) is 9.54. The molecule has 0 spiro atoms. The number of aliphatic hydroxyl groups is 1. The Balaban J connectivity index is 2.48. The quantitative estimate of drug-likeness (QED) is 0.852. The average molecular weight is 220 g/mol. The van der Waals surface area contributed by atoms with Gasteiger partial charge in [0.05, 0.1) is 12.4 Å². The van der Waals surface area contributed by atoms with Gasteiger partial charge in [-0.2, -0.15) is 0 Å². The molecular formula is C12H12O4. The lowest BCUT2D eigenvalue weighted by Crippen LogP contribution is -2.14. The van der Waals surface area contributed by atoms with Gasteiger partial charge in [-0.05, 0) is 19.1 Å². The molecule has 0 aliphatic heterocycles. The van der Waals surface area contributed by atoms with E-state index in [-0.39, 0.29) is 12.0 Å². The minimum atomic E-state index is -0.578. The molecule has 0 fully saturated rings. The van der Waals surface area contributed by atoms with Crippen molar-refractivity contribution in [3.8, 4) is 5.75 Å². The molecule has 1 N–H and O–H groups in total. The number of ether oxygens (including phenoxy) is 1. The maximum absolute atomic E-state index is 11.6. The molecule has 1 aromatic carbocycles. The van der Waals surface area contributed by atoms with Crippen LogP contribution in [0.2, 0.25) is 0 Å². The normalized spacial score (nSPS) is 12.6. The van der Waals surface area contributed by atoms with Gasteiger partial charge < -0.3 is 14.3 Å². The Morgan fingerprint density at radius 3 is 3.00 bits per heavy atom. The maximum Gasteiger partial charge on any atom is 0.196 e. The SMILES string of the molecule is CC(O)COc1cccc2occc(=O)c12. The van der Waals surface area contributed by atoms with Gasteiger partial charge in [-0.3, -0.25) is 4.79 Å². The van der Waals surface area contributed by atoms with Gasteiger partial charge in [-0.15, -0.1) is 0 Å². The van der Waals surface area contributed by atoms with Gasteiger partial charge in [0, 0.05) is 6.07 Å². The Hall–Kier alpha value is -1.81. The third kappa shape index (κ3) is 2.06. The minimum Gasteiger partial charge on any atom is -0.490 e. The second-order valence-electron chi connectivity index (χ2n) is 3.57. The van der Waals surface area contributed by atoms with Crippen molar-refractivity contribution in [1.82, 2.24) is 0 Å². The summed E-state index contributed by atoms with van der Waals surface area (Å²) in [5.74, 6) is 0.438. The van der Waals surface area contributed by atoms with Crippen molar-refractivity contribution in [2.75, 3.05) is 6.61 Å². The van der Waals surface area contributed by atoms with E-state index in [4.69, 9.17) is 14.3 Å². The Kier molecular flexibility index (Phi) is 2.92. The zero-order valence-electron chi connectivity index (χ0n) is 8.84. The van der Waals surface area contributed by atoms with Crippen molar-refractivity contribution in [2.24, 2.45) is 0 Å². The molecule has 2 aromatic rings. The van der Waals surface area contributed by atoms with Crippen LogP contribution in [0.4, 0.5) is 0 Å². The highest BCUT2D eigenvalue weighted by molar-refractivity contribution is 5.82. The lowest BCUT2D eigenvalue weighted by atomic mass is 10.2. The summed E-state index contributed by atoms with van der Waals surface area (Å²) in [6.45, 7) is 1.76. The van der Waals surface area contributed by atoms with Crippen LogP contribution in [-0.4, -0.2) is 17.8 Å². The molecule has 1 aromatic heterocycles. The molecule has 0 bridgehead atoms. The van der Waals surface area contributed by atoms with Gasteiger partial charge in [0.25, 0.3) is 0 Å².